The molecular weight excluding hydrogens is 614 g/mol. The van der Waals surface area contributed by atoms with Crippen LogP contribution in [0.3, 0.4) is 0 Å². The van der Waals surface area contributed by atoms with Crippen molar-refractivity contribution in [3.63, 3.8) is 0 Å². The number of hydrogen-bond donors (Lipinski definition) is 0. The minimum Gasteiger partial charge on any atom is -0.609 e. The van der Waals surface area contributed by atoms with Crippen LogP contribution in [0.1, 0.15) is 46.1 Å². The molecule has 0 aliphatic carbocycles. The second kappa shape index (κ2) is 10.2. The fourth-order valence-electron chi connectivity index (χ4n) is 6.34. The van der Waals surface area contributed by atoms with Crippen LogP contribution in [0.2, 0.25) is 5.02 Å². The van der Waals surface area contributed by atoms with Crippen LogP contribution in [0.5, 0.6) is 5.88 Å². The van der Waals surface area contributed by atoms with E-state index in [4.69, 9.17) is 21.1 Å². The Morgan fingerprint density at radius 2 is 1.91 bits per heavy atom. The van der Waals surface area contributed by atoms with Crippen LogP contribution in [0.4, 0.5) is 28.2 Å². The van der Waals surface area contributed by atoms with Gasteiger partial charge in [-0.15, -0.1) is 0 Å². The van der Waals surface area contributed by atoms with Crippen LogP contribution in [0.15, 0.2) is 23.4 Å². The molecule has 0 spiro atoms. The molecule has 2 saturated heterocycles. The van der Waals surface area contributed by atoms with Crippen molar-refractivity contribution >= 4 is 45.6 Å². The Morgan fingerprint density at radius 3 is 2.56 bits per heavy atom. The average molecular weight is 642 g/mol. The van der Waals surface area contributed by atoms with Gasteiger partial charge in [0, 0.05) is 23.3 Å². The zero-order valence-corrected chi connectivity index (χ0v) is 25.4. The van der Waals surface area contributed by atoms with E-state index in [0.717, 1.165) is 12.1 Å². The van der Waals surface area contributed by atoms with E-state index in [1.807, 2.05) is 4.90 Å². The first-order valence-electron chi connectivity index (χ1n) is 13.6. The lowest BCUT2D eigenvalue weighted by Gasteiger charge is -2.48. The highest BCUT2D eigenvalue weighted by Crippen LogP contribution is 2.48. The van der Waals surface area contributed by atoms with E-state index in [1.54, 1.807) is 32.6 Å². The molecule has 1 aromatic carbocycles. The molecule has 3 aliphatic heterocycles. The number of nitrogens with zero attached hydrogens (tertiary/aromatic N) is 5. The van der Waals surface area contributed by atoms with Gasteiger partial charge in [-0.25, -0.2) is 14.2 Å². The van der Waals surface area contributed by atoms with Gasteiger partial charge in [-0.05, 0) is 46.6 Å². The number of alkyl halides is 3. The fraction of sp³-hybridized carbons (Fsp3) is 0.500. The predicted molar refractivity (Wildman–Crippen MR) is 151 cm³/mol. The highest BCUT2D eigenvalue weighted by atomic mass is 35.5. The number of ether oxygens (including phenoxy) is 2. The number of carbonyl (C=O) groups excluding carboxylic acids is 1. The number of pyridine rings is 1. The molecule has 3 aliphatic rings. The minimum atomic E-state index is -4.92. The zero-order chi connectivity index (χ0) is 31.2. The van der Waals surface area contributed by atoms with Crippen LogP contribution < -0.4 is 9.64 Å². The molecule has 2 fully saturated rings. The second-order valence-electron chi connectivity index (χ2n) is 11.9. The molecule has 1 unspecified atom stereocenters. The van der Waals surface area contributed by atoms with Gasteiger partial charge in [0.15, 0.2) is 11.6 Å². The van der Waals surface area contributed by atoms with Gasteiger partial charge in [0.1, 0.15) is 34.6 Å². The summed E-state index contributed by atoms with van der Waals surface area (Å²) in [7, 11) is 0. The molecule has 0 radical (unpaired) electrons. The molecule has 5 atom stereocenters. The summed E-state index contributed by atoms with van der Waals surface area (Å²) >= 11 is 4.16. The smallest absolute Gasteiger partial charge is 0.418 e. The van der Waals surface area contributed by atoms with E-state index < -0.39 is 68.9 Å². The van der Waals surface area contributed by atoms with Gasteiger partial charge in [-0.1, -0.05) is 23.7 Å². The summed E-state index contributed by atoms with van der Waals surface area (Å²) in [6, 6.07) is 2.24. The maximum atomic E-state index is 16.4. The van der Waals surface area contributed by atoms with Gasteiger partial charge in [-0.2, -0.15) is 23.1 Å². The van der Waals surface area contributed by atoms with Gasteiger partial charge in [-0.3, -0.25) is 4.90 Å². The SMILES string of the molecule is C[C@@H]1Oc2nc(-c3cccc(Cl)c3C(F)(F)F)c(F)c3nc([S+](C)[O-])nc(c23)N2C[C@H]3CC[C@@H]([C@@H]12)N3C(=O)OC(C)(C)C. The summed E-state index contributed by atoms with van der Waals surface area (Å²) in [6.07, 6.45) is -3.45. The summed E-state index contributed by atoms with van der Waals surface area (Å²) in [5, 5.41) is -0.784. The molecular formula is C28H28ClF4N5O4S. The van der Waals surface area contributed by atoms with Crippen molar-refractivity contribution in [2.75, 3.05) is 17.7 Å². The first kappa shape index (κ1) is 29.9. The van der Waals surface area contributed by atoms with Crippen molar-refractivity contribution in [3.8, 4) is 17.1 Å². The Balaban J connectivity index is 1.56. The number of halogens is 5. The number of rotatable bonds is 2. The average Bonchev–Trinajstić information content (AvgIpc) is 3.14. The number of fused-ring (bicyclic) bond motifs is 5. The van der Waals surface area contributed by atoms with Crippen molar-refractivity contribution in [1.29, 1.82) is 0 Å². The van der Waals surface area contributed by atoms with E-state index in [-0.39, 0.29) is 46.4 Å². The minimum absolute atomic E-state index is 0.0468. The van der Waals surface area contributed by atoms with Crippen molar-refractivity contribution < 1.29 is 36.4 Å². The highest BCUT2D eigenvalue weighted by molar-refractivity contribution is 7.90. The molecule has 43 heavy (non-hydrogen) atoms. The van der Waals surface area contributed by atoms with E-state index in [2.05, 4.69) is 15.0 Å². The predicted octanol–water partition coefficient (Wildman–Crippen LogP) is 5.98. The Kier molecular flexibility index (Phi) is 7.13. The van der Waals surface area contributed by atoms with E-state index >= 15 is 4.39 Å². The first-order valence-corrected chi connectivity index (χ1v) is 15.6. The van der Waals surface area contributed by atoms with Gasteiger partial charge in [0.05, 0.1) is 28.7 Å². The fourth-order valence-corrected chi connectivity index (χ4v) is 7.05. The van der Waals surface area contributed by atoms with Gasteiger partial charge in [0.2, 0.25) is 5.88 Å². The van der Waals surface area contributed by atoms with Crippen molar-refractivity contribution in [2.24, 2.45) is 0 Å². The van der Waals surface area contributed by atoms with Crippen LogP contribution in [-0.4, -0.2) is 73.1 Å². The summed E-state index contributed by atoms with van der Waals surface area (Å²) in [6.45, 7) is 7.37. The topological polar surface area (TPSA) is 104 Å². The number of hydrogen-bond acceptors (Lipinski definition) is 8. The summed E-state index contributed by atoms with van der Waals surface area (Å²) in [4.78, 5) is 29.9. The number of aromatic nitrogens is 3. The van der Waals surface area contributed by atoms with Crippen LogP contribution in [-0.2, 0) is 22.1 Å². The molecule has 5 heterocycles. The highest BCUT2D eigenvalue weighted by Gasteiger charge is 2.54. The molecule has 1 amide bonds. The summed E-state index contributed by atoms with van der Waals surface area (Å²) in [5.41, 5.74) is -3.62. The lowest BCUT2D eigenvalue weighted by Crippen LogP contribution is -2.65. The Morgan fingerprint density at radius 1 is 1.19 bits per heavy atom. The zero-order valence-electron chi connectivity index (χ0n) is 23.8. The standard InChI is InChI=1S/C28H28ClF4N5O4S/c1-12-22-16-10-9-13(38(16)26(39)42-27(2,3)4)11-37(22)23-17-21(35-25(36-23)43(5)40)19(30)20(34-24(17)41-12)14-7-6-8-15(29)18(14)28(31,32)33/h6-8,12-13,16,22H,9-11H2,1-5H3/t12-,13+,16-,22+,43?/m0/s1. The Hall–Kier alpha value is -3.10. The largest absolute Gasteiger partial charge is 0.609 e. The molecule has 0 N–H and O–H groups in total. The maximum absolute atomic E-state index is 16.4. The lowest BCUT2D eigenvalue weighted by atomic mass is 9.98. The normalized spacial score (nSPS) is 24.0. The molecule has 0 saturated carbocycles. The first-order chi connectivity index (χ1) is 20.1. The van der Waals surface area contributed by atoms with Gasteiger partial charge in [0.25, 0.3) is 0 Å². The third-order valence-electron chi connectivity index (χ3n) is 7.88. The molecule has 2 aromatic heterocycles. The monoisotopic (exact) mass is 641 g/mol. The molecule has 9 nitrogen and oxygen atoms in total. The third-order valence-corrected chi connectivity index (χ3v) is 8.90. The van der Waals surface area contributed by atoms with Crippen LogP contribution in [0, 0.1) is 5.82 Å². The van der Waals surface area contributed by atoms with E-state index in [9.17, 15) is 22.5 Å². The quantitative estimate of drug-likeness (QED) is 0.191. The van der Waals surface area contributed by atoms with Crippen molar-refractivity contribution in [2.45, 2.75) is 81.7 Å². The van der Waals surface area contributed by atoms with Crippen molar-refractivity contribution in [3.05, 3.63) is 34.6 Å². The molecule has 2 bridgehead atoms. The van der Waals surface area contributed by atoms with Crippen LogP contribution >= 0.6 is 11.6 Å². The second-order valence-corrected chi connectivity index (χ2v) is 13.6. The number of amides is 1. The number of piperazine rings is 1. The molecule has 6 rings (SSSR count). The molecule has 3 aromatic rings. The third kappa shape index (κ3) is 5.00. The van der Waals surface area contributed by atoms with Crippen molar-refractivity contribution in [1.82, 2.24) is 19.9 Å². The summed E-state index contributed by atoms with van der Waals surface area (Å²) in [5.74, 6) is -1.14. The van der Waals surface area contributed by atoms with Crippen LogP contribution in [0.25, 0.3) is 22.2 Å². The number of carbonyl (C=O) groups is 1. The lowest BCUT2D eigenvalue weighted by molar-refractivity contribution is -0.137. The van der Waals surface area contributed by atoms with E-state index in [1.165, 1.54) is 12.3 Å². The van der Waals surface area contributed by atoms with Gasteiger partial charge < -0.3 is 18.9 Å². The number of benzene rings is 1. The molecule has 15 heteroatoms. The Labute approximate surface area is 252 Å². The maximum Gasteiger partial charge on any atom is 0.418 e. The summed E-state index contributed by atoms with van der Waals surface area (Å²) < 4.78 is 83.3. The van der Waals surface area contributed by atoms with Gasteiger partial charge >= 0.3 is 17.4 Å². The van der Waals surface area contributed by atoms with E-state index in [0.29, 0.717) is 12.8 Å². The molecule has 230 valence electrons. The number of anilines is 1. The Bertz CT molecular complexity index is 1640.